The van der Waals surface area contributed by atoms with Crippen LogP contribution in [-0.4, -0.2) is 72.8 Å². The van der Waals surface area contributed by atoms with E-state index in [1.54, 1.807) is 6.07 Å². The Morgan fingerprint density at radius 2 is 1.78 bits per heavy atom. The van der Waals surface area contributed by atoms with Crippen LogP contribution in [0, 0.1) is 5.82 Å². The van der Waals surface area contributed by atoms with Crippen molar-refractivity contribution in [3.05, 3.63) is 65.5 Å². The van der Waals surface area contributed by atoms with Gasteiger partial charge in [0.1, 0.15) is 6.10 Å². The van der Waals surface area contributed by atoms with Gasteiger partial charge in [-0.1, -0.05) is 48.0 Å². The largest absolute Gasteiger partial charge is 0.494 e. The molecule has 2 aromatic rings. The van der Waals surface area contributed by atoms with Gasteiger partial charge >= 0.3 is 0 Å². The zero-order valence-corrected chi connectivity index (χ0v) is 18.2. The predicted molar refractivity (Wildman–Crippen MR) is 111 cm³/mol. The van der Waals surface area contributed by atoms with Crippen LogP contribution in [0.15, 0.2) is 48.5 Å². The summed E-state index contributed by atoms with van der Waals surface area (Å²) in [6, 6.07) is 11.0. The second-order valence-corrected chi connectivity index (χ2v) is 8.56. The highest BCUT2D eigenvalue weighted by atomic mass is 35.5. The molecular formula is C22H26ClFO8. The molecule has 0 aliphatic carbocycles. The SMILES string of the molecule is COc1ccc(C[C@]2(O)[C@@](O)(c3ccccc3)O[C@](CO)([C@H](C)O)[C@@H](O)[C@@]2(O)Cl)cc1F. The summed E-state index contributed by atoms with van der Waals surface area (Å²) in [6.45, 7) is 0.0876. The molecule has 0 radical (unpaired) electrons. The Morgan fingerprint density at radius 1 is 1.16 bits per heavy atom. The summed E-state index contributed by atoms with van der Waals surface area (Å²) in [6.07, 6.45) is -4.62. The fourth-order valence-electron chi connectivity index (χ4n) is 4.09. The fraction of sp³-hybridized carbons (Fsp3) is 0.455. The van der Waals surface area contributed by atoms with Gasteiger partial charge in [-0.25, -0.2) is 4.39 Å². The fourth-order valence-corrected chi connectivity index (χ4v) is 4.47. The number of methoxy groups -OCH3 is 1. The minimum absolute atomic E-state index is 0.0728. The molecule has 0 spiro atoms. The molecule has 1 saturated heterocycles. The van der Waals surface area contributed by atoms with Crippen LogP contribution < -0.4 is 4.74 Å². The minimum Gasteiger partial charge on any atom is -0.494 e. The van der Waals surface area contributed by atoms with Gasteiger partial charge < -0.3 is 40.1 Å². The van der Waals surface area contributed by atoms with E-state index in [0.717, 1.165) is 13.0 Å². The second kappa shape index (κ2) is 8.51. The molecule has 1 heterocycles. The highest BCUT2D eigenvalue weighted by Gasteiger charge is 2.76. The first-order valence-electron chi connectivity index (χ1n) is 9.80. The predicted octanol–water partition coefficient (Wildman–Crippen LogP) is 0.384. The zero-order valence-electron chi connectivity index (χ0n) is 17.4. The lowest BCUT2D eigenvalue weighted by atomic mass is 9.68. The molecule has 32 heavy (non-hydrogen) atoms. The molecular weight excluding hydrogens is 447 g/mol. The van der Waals surface area contributed by atoms with Crippen molar-refractivity contribution in [3.63, 3.8) is 0 Å². The van der Waals surface area contributed by atoms with Crippen LogP contribution in [0.25, 0.3) is 0 Å². The van der Waals surface area contributed by atoms with Crippen molar-refractivity contribution in [1.29, 1.82) is 0 Å². The molecule has 6 N–H and O–H groups in total. The summed E-state index contributed by atoms with van der Waals surface area (Å²) in [5, 5.41) is 62.6. The van der Waals surface area contributed by atoms with E-state index < -0.39 is 53.1 Å². The van der Waals surface area contributed by atoms with E-state index in [1.165, 1.54) is 43.5 Å². The van der Waals surface area contributed by atoms with E-state index in [1.807, 2.05) is 0 Å². The molecule has 6 atom stereocenters. The van der Waals surface area contributed by atoms with Gasteiger partial charge in [-0.05, 0) is 24.6 Å². The van der Waals surface area contributed by atoms with Gasteiger partial charge in [0, 0.05) is 12.0 Å². The number of halogens is 2. The third kappa shape index (κ3) is 3.49. The highest BCUT2D eigenvalue weighted by Crippen LogP contribution is 2.55. The van der Waals surface area contributed by atoms with E-state index in [0.29, 0.717) is 0 Å². The molecule has 0 saturated carbocycles. The second-order valence-electron chi connectivity index (χ2n) is 7.98. The van der Waals surface area contributed by atoms with E-state index in [-0.39, 0.29) is 16.9 Å². The van der Waals surface area contributed by atoms with Crippen LogP contribution >= 0.6 is 11.6 Å². The lowest BCUT2D eigenvalue weighted by molar-refractivity contribution is -0.444. The molecule has 2 aromatic carbocycles. The molecule has 3 rings (SSSR count). The van der Waals surface area contributed by atoms with Gasteiger partial charge in [-0.3, -0.25) is 0 Å². The third-order valence-electron chi connectivity index (χ3n) is 6.10. The van der Waals surface area contributed by atoms with Crippen LogP contribution in [0.3, 0.4) is 0 Å². The molecule has 8 nitrogen and oxygen atoms in total. The Labute approximate surface area is 189 Å². The van der Waals surface area contributed by atoms with Crippen molar-refractivity contribution in [3.8, 4) is 5.75 Å². The molecule has 176 valence electrons. The molecule has 1 aliphatic heterocycles. The lowest BCUT2D eigenvalue weighted by Gasteiger charge is -2.61. The van der Waals surface area contributed by atoms with Crippen LogP contribution in [-0.2, 0) is 16.9 Å². The summed E-state index contributed by atoms with van der Waals surface area (Å²) < 4.78 is 24.8. The first-order chi connectivity index (χ1) is 14.9. The van der Waals surface area contributed by atoms with E-state index >= 15 is 0 Å². The Hall–Kier alpha value is -1.82. The normalized spacial score (nSPS) is 36.0. The van der Waals surface area contributed by atoms with Crippen molar-refractivity contribution in [2.75, 3.05) is 13.7 Å². The standard InChI is InChI=1S/C22H26ClFO8/c1-13(26)19(12-25)18(27)21(23,29)20(28,11-14-8-9-17(31-2)16(24)10-14)22(30,32-19)15-6-4-3-5-7-15/h3-10,13,18,25-30H,11-12H2,1-2H3/t13-,18+,19+,20+,21-,22+/m0/s1. The number of hydrogen-bond acceptors (Lipinski definition) is 8. The van der Waals surface area contributed by atoms with Crippen molar-refractivity contribution in [2.24, 2.45) is 0 Å². The van der Waals surface area contributed by atoms with Crippen LogP contribution in [0.1, 0.15) is 18.1 Å². The van der Waals surface area contributed by atoms with Crippen LogP contribution in [0.4, 0.5) is 4.39 Å². The summed E-state index contributed by atoms with van der Waals surface area (Å²) in [5.74, 6) is -3.71. The molecule has 1 aliphatic rings. The number of ether oxygens (including phenoxy) is 2. The summed E-state index contributed by atoms with van der Waals surface area (Å²) in [7, 11) is 1.27. The highest BCUT2D eigenvalue weighted by molar-refractivity contribution is 6.24. The van der Waals surface area contributed by atoms with Gasteiger partial charge in [0.05, 0.1) is 19.8 Å². The summed E-state index contributed by atoms with van der Waals surface area (Å²) in [4.78, 5) is 0. The number of aliphatic hydroxyl groups is 6. The quantitative estimate of drug-likeness (QED) is 0.332. The maximum Gasteiger partial charge on any atom is 0.227 e. The van der Waals surface area contributed by atoms with Gasteiger partial charge in [0.15, 0.2) is 22.8 Å². The topological polar surface area (TPSA) is 140 Å². The Bertz CT molecular complexity index is 958. The van der Waals surface area contributed by atoms with Gasteiger partial charge in [-0.15, -0.1) is 0 Å². The monoisotopic (exact) mass is 472 g/mol. The lowest BCUT2D eigenvalue weighted by Crippen LogP contribution is -2.82. The molecule has 0 amide bonds. The molecule has 0 aromatic heterocycles. The van der Waals surface area contributed by atoms with Crippen molar-refractivity contribution in [1.82, 2.24) is 0 Å². The van der Waals surface area contributed by atoms with Crippen molar-refractivity contribution in [2.45, 2.75) is 47.6 Å². The number of aliphatic hydroxyl groups excluding tert-OH is 3. The Kier molecular flexibility index (Phi) is 6.60. The number of rotatable bonds is 6. The maximum absolute atomic E-state index is 14.3. The Morgan fingerprint density at radius 3 is 2.28 bits per heavy atom. The van der Waals surface area contributed by atoms with Gasteiger partial charge in [0.25, 0.3) is 0 Å². The summed E-state index contributed by atoms with van der Waals surface area (Å²) >= 11 is 6.29. The molecule has 0 bridgehead atoms. The van der Waals surface area contributed by atoms with Crippen LogP contribution in [0.5, 0.6) is 5.75 Å². The minimum atomic E-state index is -3.08. The van der Waals surface area contributed by atoms with Gasteiger partial charge in [-0.2, -0.15) is 0 Å². The molecule has 1 fully saturated rings. The van der Waals surface area contributed by atoms with Gasteiger partial charge in [0.2, 0.25) is 10.8 Å². The first kappa shape index (κ1) is 24.8. The smallest absolute Gasteiger partial charge is 0.227 e. The van der Waals surface area contributed by atoms with E-state index in [2.05, 4.69) is 0 Å². The average molecular weight is 473 g/mol. The number of benzene rings is 2. The number of alkyl halides is 1. The zero-order chi connectivity index (χ0) is 23.9. The Balaban J connectivity index is 2.24. The third-order valence-corrected chi connectivity index (χ3v) is 6.62. The molecule has 0 unspecified atom stereocenters. The van der Waals surface area contributed by atoms with Crippen LogP contribution in [0.2, 0.25) is 0 Å². The summed E-state index contributed by atoms with van der Waals surface area (Å²) in [5.41, 5.74) is -5.29. The van der Waals surface area contributed by atoms with E-state index in [4.69, 9.17) is 21.1 Å². The average Bonchev–Trinajstić information content (AvgIpc) is 2.76. The maximum atomic E-state index is 14.3. The molecule has 10 heteroatoms. The number of hydrogen-bond donors (Lipinski definition) is 6. The first-order valence-corrected chi connectivity index (χ1v) is 10.2. The van der Waals surface area contributed by atoms with Crippen molar-refractivity contribution >= 4 is 11.6 Å². The van der Waals surface area contributed by atoms with Crippen molar-refractivity contribution < 1.29 is 44.5 Å². The van der Waals surface area contributed by atoms with E-state index in [9.17, 15) is 35.0 Å².